The minimum atomic E-state index is 0.331. The summed E-state index contributed by atoms with van der Waals surface area (Å²) in [5.74, 6) is 0. The maximum absolute atomic E-state index is 5.96. The quantitative estimate of drug-likeness (QED) is 0.655. The van der Waals surface area contributed by atoms with E-state index in [-0.39, 0.29) is 0 Å². The van der Waals surface area contributed by atoms with Gasteiger partial charge in [-0.05, 0) is 54.6 Å². The van der Waals surface area contributed by atoms with E-state index in [2.05, 4.69) is 54.9 Å². The van der Waals surface area contributed by atoms with Crippen LogP contribution in [-0.4, -0.2) is 6.26 Å². The van der Waals surface area contributed by atoms with Crippen molar-refractivity contribution >= 4 is 29.1 Å². The second kappa shape index (κ2) is 7.61. The van der Waals surface area contributed by atoms with Crippen LogP contribution in [0.4, 0.5) is 5.69 Å². The van der Waals surface area contributed by atoms with Crippen LogP contribution in [0.15, 0.2) is 53.4 Å². The highest BCUT2D eigenvalue weighted by Gasteiger charge is 2.10. The Morgan fingerprint density at radius 1 is 1.05 bits per heavy atom. The lowest BCUT2D eigenvalue weighted by atomic mass is 10.0. The fourth-order valence-corrected chi connectivity index (χ4v) is 2.73. The molecule has 1 atom stereocenters. The van der Waals surface area contributed by atoms with Gasteiger partial charge in [-0.1, -0.05) is 37.1 Å². The van der Waals surface area contributed by atoms with Crippen LogP contribution in [0.2, 0.25) is 5.02 Å². The highest BCUT2D eigenvalue weighted by molar-refractivity contribution is 7.98. The Labute approximate surface area is 130 Å². The van der Waals surface area contributed by atoms with Crippen LogP contribution >= 0.6 is 23.4 Å². The van der Waals surface area contributed by atoms with Crippen LogP contribution in [0.1, 0.15) is 31.4 Å². The molecule has 0 saturated heterocycles. The molecule has 0 bridgehead atoms. The van der Waals surface area contributed by atoms with Gasteiger partial charge in [0.1, 0.15) is 0 Å². The number of rotatable bonds is 6. The number of hydrogen-bond donors (Lipinski definition) is 1. The van der Waals surface area contributed by atoms with Gasteiger partial charge in [0, 0.05) is 15.6 Å². The van der Waals surface area contributed by atoms with E-state index in [1.807, 2.05) is 12.1 Å². The van der Waals surface area contributed by atoms with E-state index >= 15 is 0 Å². The predicted molar refractivity (Wildman–Crippen MR) is 90.9 cm³/mol. The van der Waals surface area contributed by atoms with Crippen molar-refractivity contribution < 1.29 is 0 Å². The molecule has 0 radical (unpaired) electrons. The van der Waals surface area contributed by atoms with Gasteiger partial charge in [0.15, 0.2) is 0 Å². The maximum atomic E-state index is 5.96. The minimum Gasteiger partial charge on any atom is -0.378 e. The Balaban J connectivity index is 2.13. The summed E-state index contributed by atoms with van der Waals surface area (Å²) in [6, 6.07) is 17.0. The average molecular weight is 306 g/mol. The number of halogens is 1. The van der Waals surface area contributed by atoms with E-state index in [4.69, 9.17) is 11.6 Å². The van der Waals surface area contributed by atoms with Gasteiger partial charge in [0.25, 0.3) is 0 Å². The first-order valence-corrected chi connectivity index (χ1v) is 8.49. The van der Waals surface area contributed by atoms with Gasteiger partial charge in [-0.15, -0.1) is 11.8 Å². The van der Waals surface area contributed by atoms with Crippen molar-refractivity contribution in [2.75, 3.05) is 11.6 Å². The SMILES string of the molecule is CCCC(Nc1ccc(SC)cc1)c1ccc(Cl)cc1. The number of benzene rings is 2. The zero-order chi connectivity index (χ0) is 14.4. The number of nitrogens with one attached hydrogen (secondary N) is 1. The van der Waals surface area contributed by atoms with Gasteiger partial charge in [-0.2, -0.15) is 0 Å². The summed E-state index contributed by atoms with van der Waals surface area (Å²) in [5.41, 5.74) is 2.45. The van der Waals surface area contributed by atoms with Crippen molar-refractivity contribution in [2.45, 2.75) is 30.7 Å². The van der Waals surface area contributed by atoms with E-state index in [1.54, 1.807) is 11.8 Å². The van der Waals surface area contributed by atoms with Gasteiger partial charge in [-0.3, -0.25) is 0 Å². The number of thioether (sulfide) groups is 1. The molecule has 0 aliphatic carbocycles. The molecular weight excluding hydrogens is 286 g/mol. The van der Waals surface area contributed by atoms with Gasteiger partial charge < -0.3 is 5.32 Å². The van der Waals surface area contributed by atoms with Crippen molar-refractivity contribution in [3.05, 3.63) is 59.1 Å². The molecule has 0 aliphatic rings. The fraction of sp³-hybridized carbons (Fsp3) is 0.294. The molecule has 2 rings (SSSR count). The monoisotopic (exact) mass is 305 g/mol. The summed E-state index contributed by atoms with van der Waals surface area (Å²) >= 11 is 7.73. The van der Waals surface area contributed by atoms with Crippen molar-refractivity contribution in [3.63, 3.8) is 0 Å². The number of hydrogen-bond acceptors (Lipinski definition) is 2. The maximum Gasteiger partial charge on any atom is 0.0513 e. The highest BCUT2D eigenvalue weighted by Crippen LogP contribution is 2.26. The van der Waals surface area contributed by atoms with Gasteiger partial charge in [-0.25, -0.2) is 0 Å². The van der Waals surface area contributed by atoms with Crippen LogP contribution in [0, 0.1) is 0 Å². The molecule has 0 amide bonds. The van der Waals surface area contributed by atoms with Crippen LogP contribution in [0.5, 0.6) is 0 Å². The Kier molecular flexibility index (Phi) is 5.81. The minimum absolute atomic E-state index is 0.331. The molecule has 3 heteroatoms. The molecular formula is C17H20ClNS. The van der Waals surface area contributed by atoms with Crippen molar-refractivity contribution in [2.24, 2.45) is 0 Å². The third-order valence-corrected chi connectivity index (χ3v) is 4.28. The standard InChI is InChI=1S/C17H20ClNS/c1-3-4-17(13-5-7-14(18)8-6-13)19-15-9-11-16(20-2)12-10-15/h5-12,17,19H,3-4H2,1-2H3. The molecule has 2 aromatic rings. The summed E-state index contributed by atoms with van der Waals surface area (Å²) in [4.78, 5) is 1.29. The molecule has 2 aromatic carbocycles. The summed E-state index contributed by atoms with van der Waals surface area (Å²) in [5, 5.41) is 4.40. The summed E-state index contributed by atoms with van der Waals surface area (Å²) in [6.45, 7) is 2.21. The number of anilines is 1. The van der Waals surface area contributed by atoms with E-state index in [9.17, 15) is 0 Å². The Morgan fingerprint density at radius 3 is 2.25 bits per heavy atom. The van der Waals surface area contributed by atoms with E-state index in [0.717, 1.165) is 23.6 Å². The normalized spacial score (nSPS) is 12.2. The lowest BCUT2D eigenvalue weighted by molar-refractivity contribution is 0.677. The van der Waals surface area contributed by atoms with E-state index in [1.165, 1.54) is 10.5 Å². The first kappa shape index (κ1) is 15.3. The Bertz CT molecular complexity index is 522. The molecule has 1 unspecified atom stereocenters. The first-order chi connectivity index (χ1) is 9.72. The molecule has 0 heterocycles. The third-order valence-electron chi connectivity index (χ3n) is 3.28. The van der Waals surface area contributed by atoms with Crippen LogP contribution < -0.4 is 5.32 Å². The summed E-state index contributed by atoms with van der Waals surface area (Å²) < 4.78 is 0. The lowest BCUT2D eigenvalue weighted by Gasteiger charge is -2.20. The third kappa shape index (κ3) is 4.19. The topological polar surface area (TPSA) is 12.0 Å². The molecule has 0 fully saturated rings. The van der Waals surface area contributed by atoms with Gasteiger partial charge in [0.2, 0.25) is 0 Å². The highest BCUT2D eigenvalue weighted by atomic mass is 35.5. The molecule has 0 aliphatic heterocycles. The zero-order valence-corrected chi connectivity index (χ0v) is 13.5. The summed E-state index contributed by atoms with van der Waals surface area (Å²) in [6.07, 6.45) is 4.34. The van der Waals surface area contributed by atoms with Crippen LogP contribution in [0.3, 0.4) is 0 Å². The molecule has 106 valence electrons. The Morgan fingerprint density at radius 2 is 1.70 bits per heavy atom. The Hall–Kier alpha value is -1.12. The molecule has 0 aromatic heterocycles. The molecule has 20 heavy (non-hydrogen) atoms. The van der Waals surface area contributed by atoms with Gasteiger partial charge >= 0.3 is 0 Å². The summed E-state index contributed by atoms with van der Waals surface area (Å²) in [7, 11) is 0. The lowest BCUT2D eigenvalue weighted by Crippen LogP contribution is -2.10. The van der Waals surface area contributed by atoms with Crippen molar-refractivity contribution in [1.82, 2.24) is 0 Å². The second-order valence-electron chi connectivity index (χ2n) is 4.77. The largest absolute Gasteiger partial charge is 0.378 e. The fourth-order valence-electron chi connectivity index (χ4n) is 2.19. The van der Waals surface area contributed by atoms with Gasteiger partial charge in [0.05, 0.1) is 6.04 Å². The van der Waals surface area contributed by atoms with E-state index in [0.29, 0.717) is 6.04 Å². The average Bonchev–Trinajstić information content (AvgIpc) is 2.48. The van der Waals surface area contributed by atoms with E-state index < -0.39 is 0 Å². The van der Waals surface area contributed by atoms with Crippen LogP contribution in [-0.2, 0) is 0 Å². The van der Waals surface area contributed by atoms with Crippen molar-refractivity contribution in [3.8, 4) is 0 Å². The molecule has 0 spiro atoms. The molecule has 1 nitrogen and oxygen atoms in total. The first-order valence-electron chi connectivity index (χ1n) is 6.89. The molecule has 0 saturated carbocycles. The smallest absolute Gasteiger partial charge is 0.0513 e. The van der Waals surface area contributed by atoms with Crippen molar-refractivity contribution in [1.29, 1.82) is 0 Å². The molecule has 1 N–H and O–H groups in total. The second-order valence-corrected chi connectivity index (χ2v) is 6.08. The zero-order valence-electron chi connectivity index (χ0n) is 11.9. The predicted octanol–water partition coefficient (Wildman–Crippen LogP) is 6.02. The van der Waals surface area contributed by atoms with Crippen LogP contribution in [0.25, 0.3) is 0 Å².